The summed E-state index contributed by atoms with van der Waals surface area (Å²) in [7, 11) is 1.61. The maximum atomic E-state index is 12.8. The van der Waals surface area contributed by atoms with E-state index in [-0.39, 0.29) is 17.7 Å². The molecular weight excluding hydrogens is 516 g/mol. The molecule has 6 rings (SSSR count). The molecule has 39 heavy (non-hydrogen) atoms. The summed E-state index contributed by atoms with van der Waals surface area (Å²) in [4.78, 5) is 29.5. The zero-order valence-corrected chi connectivity index (χ0v) is 22.0. The molecule has 9 heteroatoms. The van der Waals surface area contributed by atoms with E-state index in [1.54, 1.807) is 23.9 Å². The van der Waals surface area contributed by atoms with Gasteiger partial charge in [-0.1, -0.05) is 23.7 Å². The number of carbonyl (C=O) groups is 1. The molecule has 8 nitrogen and oxygen atoms in total. The van der Waals surface area contributed by atoms with E-state index in [9.17, 15) is 9.59 Å². The highest BCUT2D eigenvalue weighted by molar-refractivity contribution is 6.36. The number of hydrogen-bond donors (Lipinski definition) is 1. The number of hydrogen-bond acceptors (Lipinski definition) is 6. The number of rotatable bonds is 6. The van der Waals surface area contributed by atoms with Crippen LogP contribution in [-0.4, -0.2) is 22.6 Å². The lowest BCUT2D eigenvalue weighted by molar-refractivity contribution is -0.117. The van der Waals surface area contributed by atoms with E-state index < -0.39 is 5.76 Å². The number of benzene rings is 3. The van der Waals surface area contributed by atoms with Crippen LogP contribution in [0.4, 0.5) is 5.82 Å². The molecule has 2 atom stereocenters. The van der Waals surface area contributed by atoms with Gasteiger partial charge in [0.15, 0.2) is 5.58 Å². The van der Waals surface area contributed by atoms with E-state index in [0.29, 0.717) is 34.9 Å². The fourth-order valence-electron chi connectivity index (χ4n) is 4.87. The van der Waals surface area contributed by atoms with Gasteiger partial charge in [0.1, 0.15) is 11.6 Å². The van der Waals surface area contributed by atoms with Crippen molar-refractivity contribution in [2.75, 3.05) is 12.4 Å². The summed E-state index contributed by atoms with van der Waals surface area (Å²) in [6.45, 7) is 2.34. The first-order valence-electron chi connectivity index (χ1n) is 12.4. The van der Waals surface area contributed by atoms with Crippen molar-refractivity contribution in [1.29, 1.82) is 5.26 Å². The van der Waals surface area contributed by atoms with E-state index in [1.807, 2.05) is 55.5 Å². The number of amides is 1. The first-order valence-corrected chi connectivity index (χ1v) is 12.8. The lowest BCUT2D eigenvalue weighted by atomic mass is 9.97. The molecule has 1 amide bonds. The monoisotopic (exact) mass is 538 g/mol. The van der Waals surface area contributed by atoms with Crippen LogP contribution in [0.1, 0.15) is 17.5 Å². The van der Waals surface area contributed by atoms with Gasteiger partial charge in [-0.3, -0.25) is 9.36 Å². The van der Waals surface area contributed by atoms with Crippen LogP contribution in [0.15, 0.2) is 70.0 Å². The standard InChI is InChI=1S/C30H23ClN4O4/c1-16-7-26-27(39-30(37)35(26)15-17-3-5-21(38-2)6-4-17)12-22(16)18-8-19-11-28(33-14-24(19)25(31)10-18)34-29(36)23-9-20(23)13-32/h3-8,10-12,14,20,23H,9,15H2,1-2H3,(H,33,34,36). The summed E-state index contributed by atoms with van der Waals surface area (Å²) in [5.41, 5.74) is 4.78. The highest BCUT2D eigenvalue weighted by Gasteiger charge is 2.43. The Hall–Kier alpha value is -4.61. The van der Waals surface area contributed by atoms with Crippen LogP contribution in [0.25, 0.3) is 33.0 Å². The lowest BCUT2D eigenvalue weighted by Gasteiger charge is -2.11. The SMILES string of the molecule is COc1ccc(Cn2c(=O)oc3cc(-c4cc(Cl)c5cnc(NC(=O)C6CC6C#N)cc5c4)c(C)cc32)cc1. The van der Waals surface area contributed by atoms with Gasteiger partial charge in [0.2, 0.25) is 5.91 Å². The quantitative estimate of drug-likeness (QED) is 0.287. The van der Waals surface area contributed by atoms with Crippen molar-refractivity contribution in [3.63, 3.8) is 0 Å². The lowest BCUT2D eigenvalue weighted by Crippen LogP contribution is -2.15. The number of halogens is 1. The van der Waals surface area contributed by atoms with Gasteiger partial charge in [-0.2, -0.15) is 5.26 Å². The van der Waals surface area contributed by atoms with Gasteiger partial charge < -0.3 is 14.5 Å². The van der Waals surface area contributed by atoms with E-state index >= 15 is 0 Å². The second kappa shape index (κ2) is 9.61. The predicted octanol–water partition coefficient (Wildman–Crippen LogP) is 5.93. The minimum absolute atomic E-state index is 0.203. The van der Waals surface area contributed by atoms with Crippen molar-refractivity contribution in [2.24, 2.45) is 11.8 Å². The van der Waals surface area contributed by atoms with Gasteiger partial charge in [0.05, 0.1) is 42.1 Å². The number of ether oxygens (including phenoxy) is 1. The summed E-state index contributed by atoms with van der Waals surface area (Å²) in [5, 5.41) is 13.9. The molecule has 194 valence electrons. The largest absolute Gasteiger partial charge is 0.497 e. The zero-order valence-electron chi connectivity index (χ0n) is 21.2. The minimum Gasteiger partial charge on any atom is -0.497 e. The number of nitrogens with zero attached hydrogens (tertiary/aromatic N) is 3. The number of aromatic nitrogens is 2. The Kier molecular flexibility index (Phi) is 6.09. The average Bonchev–Trinajstić information content (AvgIpc) is 3.67. The van der Waals surface area contributed by atoms with Crippen LogP contribution in [0.5, 0.6) is 5.75 Å². The number of carbonyl (C=O) groups excluding carboxylic acids is 1. The normalized spacial score (nSPS) is 16.3. The Balaban J connectivity index is 1.34. The third-order valence-corrected chi connectivity index (χ3v) is 7.47. The van der Waals surface area contributed by atoms with Crippen LogP contribution in [0.3, 0.4) is 0 Å². The number of methoxy groups -OCH3 is 1. The molecule has 0 saturated heterocycles. The Morgan fingerprint density at radius 3 is 2.74 bits per heavy atom. The molecule has 2 heterocycles. The number of anilines is 1. The maximum Gasteiger partial charge on any atom is 0.420 e. The highest BCUT2D eigenvalue weighted by atomic mass is 35.5. The first-order chi connectivity index (χ1) is 18.8. The molecule has 0 aliphatic heterocycles. The molecule has 1 saturated carbocycles. The van der Waals surface area contributed by atoms with E-state index in [4.69, 9.17) is 26.0 Å². The van der Waals surface area contributed by atoms with Crippen molar-refractivity contribution >= 4 is 45.2 Å². The van der Waals surface area contributed by atoms with E-state index in [1.165, 1.54) is 0 Å². The van der Waals surface area contributed by atoms with Gasteiger partial charge in [0, 0.05) is 11.6 Å². The molecule has 1 N–H and O–H groups in total. The number of oxazole rings is 1. The molecular formula is C30H23ClN4O4. The van der Waals surface area contributed by atoms with Crippen LogP contribution < -0.4 is 15.8 Å². The van der Waals surface area contributed by atoms with Crippen LogP contribution in [0.2, 0.25) is 5.02 Å². The summed E-state index contributed by atoms with van der Waals surface area (Å²) in [5.74, 6) is -0.00334. The summed E-state index contributed by atoms with van der Waals surface area (Å²) in [6, 6.07) is 19.1. The molecule has 1 aliphatic rings. The van der Waals surface area contributed by atoms with Gasteiger partial charge in [0.25, 0.3) is 0 Å². The van der Waals surface area contributed by atoms with Crippen molar-refractivity contribution < 1.29 is 13.9 Å². The number of nitriles is 1. The number of aryl methyl sites for hydroxylation is 1. The fourth-order valence-corrected chi connectivity index (χ4v) is 5.15. The molecule has 2 aromatic heterocycles. The van der Waals surface area contributed by atoms with Crippen molar-refractivity contribution in [3.05, 3.63) is 87.5 Å². The molecule has 0 radical (unpaired) electrons. The first kappa shape index (κ1) is 24.7. The highest BCUT2D eigenvalue weighted by Crippen LogP contribution is 2.39. The second-order valence-corrected chi connectivity index (χ2v) is 10.2. The van der Waals surface area contributed by atoms with Crippen molar-refractivity contribution in [3.8, 4) is 22.9 Å². The third kappa shape index (κ3) is 4.62. The molecule has 0 bridgehead atoms. The van der Waals surface area contributed by atoms with Gasteiger partial charge in [-0.25, -0.2) is 9.78 Å². The average molecular weight is 539 g/mol. The number of fused-ring (bicyclic) bond motifs is 2. The van der Waals surface area contributed by atoms with Gasteiger partial charge in [-0.05, 0) is 83.4 Å². The van der Waals surface area contributed by atoms with Crippen LogP contribution in [0, 0.1) is 30.1 Å². The molecule has 1 aliphatic carbocycles. The maximum absolute atomic E-state index is 12.8. The van der Waals surface area contributed by atoms with Crippen molar-refractivity contribution in [2.45, 2.75) is 19.9 Å². The summed E-state index contributed by atoms with van der Waals surface area (Å²) in [6.07, 6.45) is 2.20. The van der Waals surface area contributed by atoms with Gasteiger partial charge >= 0.3 is 5.76 Å². The van der Waals surface area contributed by atoms with E-state index in [2.05, 4.69) is 16.4 Å². The molecule has 2 unspecified atom stereocenters. The zero-order chi connectivity index (χ0) is 27.3. The number of nitrogens with one attached hydrogen (secondary N) is 1. The van der Waals surface area contributed by atoms with Gasteiger partial charge in [-0.15, -0.1) is 0 Å². The smallest absolute Gasteiger partial charge is 0.420 e. The molecule has 5 aromatic rings. The number of pyridine rings is 1. The minimum atomic E-state index is -0.435. The van der Waals surface area contributed by atoms with Crippen LogP contribution >= 0.6 is 11.6 Å². The summed E-state index contributed by atoms with van der Waals surface area (Å²) < 4.78 is 12.5. The molecule has 1 fully saturated rings. The Morgan fingerprint density at radius 1 is 1.23 bits per heavy atom. The predicted molar refractivity (Wildman–Crippen MR) is 149 cm³/mol. The van der Waals surface area contributed by atoms with E-state index in [0.717, 1.165) is 38.8 Å². The topological polar surface area (TPSA) is 110 Å². The van der Waals surface area contributed by atoms with Crippen molar-refractivity contribution in [1.82, 2.24) is 9.55 Å². The Bertz CT molecular complexity index is 1870. The third-order valence-electron chi connectivity index (χ3n) is 7.16. The summed E-state index contributed by atoms with van der Waals surface area (Å²) >= 11 is 6.63. The fraction of sp³-hybridized carbons (Fsp3) is 0.200. The van der Waals surface area contributed by atoms with Crippen LogP contribution in [-0.2, 0) is 11.3 Å². The molecule has 3 aromatic carbocycles. The molecule has 0 spiro atoms. The Labute approximate surface area is 228 Å². The second-order valence-electron chi connectivity index (χ2n) is 9.75. The Morgan fingerprint density at radius 2 is 2.03 bits per heavy atom.